The first-order valence-corrected chi connectivity index (χ1v) is 8.78. The van der Waals surface area contributed by atoms with Gasteiger partial charge in [0, 0.05) is 18.5 Å². The molecule has 21 heavy (non-hydrogen) atoms. The minimum atomic E-state index is -3.57. The Balaban J connectivity index is 2.06. The number of nitrogens with one attached hydrogen (secondary N) is 1. The van der Waals surface area contributed by atoms with Gasteiger partial charge in [0.15, 0.2) is 0 Å². The van der Waals surface area contributed by atoms with E-state index in [1.54, 1.807) is 6.07 Å². The number of aliphatic hydroxyl groups excluding tert-OH is 1. The van der Waals surface area contributed by atoms with Gasteiger partial charge in [0.25, 0.3) is 0 Å². The lowest BCUT2D eigenvalue weighted by atomic mass is 10.2. The van der Waals surface area contributed by atoms with Crippen molar-refractivity contribution in [2.24, 2.45) is 5.92 Å². The summed E-state index contributed by atoms with van der Waals surface area (Å²) in [5.41, 5.74) is 0.630. The van der Waals surface area contributed by atoms with E-state index in [1.165, 1.54) is 25.0 Å². The van der Waals surface area contributed by atoms with Gasteiger partial charge in [-0.1, -0.05) is 36.3 Å². The topological polar surface area (TPSA) is 66.4 Å². The van der Waals surface area contributed by atoms with Gasteiger partial charge in [-0.3, -0.25) is 0 Å². The zero-order chi connectivity index (χ0) is 15.3. The molecule has 1 aromatic carbocycles. The van der Waals surface area contributed by atoms with Crippen molar-refractivity contribution < 1.29 is 13.5 Å². The summed E-state index contributed by atoms with van der Waals surface area (Å²) < 4.78 is 26.9. The second kappa shape index (κ2) is 7.28. The van der Waals surface area contributed by atoms with E-state index >= 15 is 0 Å². The largest absolute Gasteiger partial charge is 0.395 e. The van der Waals surface area contributed by atoms with E-state index in [1.807, 2.05) is 0 Å². The van der Waals surface area contributed by atoms with Crippen molar-refractivity contribution in [1.29, 1.82) is 0 Å². The van der Waals surface area contributed by atoms with Crippen molar-refractivity contribution in [3.05, 3.63) is 28.8 Å². The van der Waals surface area contributed by atoms with Crippen LogP contribution in [0.1, 0.15) is 31.2 Å². The first kappa shape index (κ1) is 16.3. The molecule has 1 aromatic rings. The zero-order valence-corrected chi connectivity index (χ0v) is 13.2. The molecule has 4 nitrogen and oxygen atoms in total. The lowest BCUT2D eigenvalue weighted by molar-refractivity contribution is 0.305. The highest BCUT2D eigenvalue weighted by Crippen LogP contribution is 2.32. The van der Waals surface area contributed by atoms with Crippen molar-refractivity contribution in [2.45, 2.75) is 30.6 Å². The van der Waals surface area contributed by atoms with Crippen LogP contribution >= 0.6 is 11.6 Å². The summed E-state index contributed by atoms with van der Waals surface area (Å²) in [6.45, 7) is 0.444. The predicted molar refractivity (Wildman–Crippen MR) is 82.6 cm³/mol. The molecule has 0 radical (unpaired) electrons. The van der Waals surface area contributed by atoms with E-state index in [-0.39, 0.29) is 16.5 Å². The maximum Gasteiger partial charge on any atom is 0.242 e. The summed E-state index contributed by atoms with van der Waals surface area (Å²) in [5.74, 6) is 6.26. The van der Waals surface area contributed by atoms with E-state index in [0.29, 0.717) is 24.4 Å². The van der Waals surface area contributed by atoms with Gasteiger partial charge in [-0.05, 0) is 30.5 Å². The van der Waals surface area contributed by atoms with Crippen LogP contribution in [0.2, 0.25) is 5.02 Å². The molecule has 0 spiro atoms. The highest BCUT2D eigenvalue weighted by molar-refractivity contribution is 7.89. The molecule has 0 unspecified atom stereocenters. The summed E-state index contributed by atoms with van der Waals surface area (Å²) >= 11 is 6.04. The first-order chi connectivity index (χ1) is 10.0. The van der Waals surface area contributed by atoms with Gasteiger partial charge in [-0.15, -0.1) is 0 Å². The Morgan fingerprint density at radius 2 is 2.14 bits per heavy atom. The summed E-state index contributed by atoms with van der Waals surface area (Å²) in [6, 6.07) is 4.61. The molecule has 0 aliphatic heterocycles. The molecule has 1 fully saturated rings. The monoisotopic (exact) mass is 327 g/mol. The molecule has 1 aliphatic carbocycles. The van der Waals surface area contributed by atoms with Crippen molar-refractivity contribution in [2.75, 3.05) is 13.2 Å². The lowest BCUT2D eigenvalue weighted by Gasteiger charge is -2.08. The number of sulfonamides is 1. The number of hydrogen-bond donors (Lipinski definition) is 2. The Hall–Kier alpha value is -1.06. The molecule has 2 N–H and O–H groups in total. The molecule has 0 amide bonds. The Morgan fingerprint density at radius 1 is 1.38 bits per heavy atom. The van der Waals surface area contributed by atoms with Crippen LogP contribution in [-0.4, -0.2) is 26.7 Å². The molecule has 0 aromatic heterocycles. The van der Waals surface area contributed by atoms with Crippen molar-refractivity contribution in [1.82, 2.24) is 4.72 Å². The van der Waals surface area contributed by atoms with E-state index in [0.717, 1.165) is 6.42 Å². The van der Waals surface area contributed by atoms with E-state index in [9.17, 15) is 8.42 Å². The number of halogens is 1. The predicted octanol–water partition coefficient (Wildman–Crippen LogP) is 2.15. The molecule has 114 valence electrons. The van der Waals surface area contributed by atoms with Gasteiger partial charge in [-0.25, -0.2) is 13.1 Å². The van der Waals surface area contributed by atoms with E-state index in [2.05, 4.69) is 16.6 Å². The maximum absolute atomic E-state index is 12.2. The van der Waals surface area contributed by atoms with Crippen molar-refractivity contribution in [3.63, 3.8) is 0 Å². The molecule has 6 heteroatoms. The van der Waals surface area contributed by atoms with Crippen LogP contribution in [0.4, 0.5) is 0 Å². The van der Waals surface area contributed by atoms with Gasteiger partial charge in [0.05, 0.1) is 11.6 Å². The summed E-state index contributed by atoms with van der Waals surface area (Å²) in [5, 5.41) is 8.82. The molecule has 0 atom stereocenters. The summed E-state index contributed by atoms with van der Waals surface area (Å²) in [7, 11) is -3.57. The quantitative estimate of drug-likeness (QED) is 0.787. The first-order valence-electron chi connectivity index (χ1n) is 6.92. The Bertz CT molecular complexity index is 657. The standard InChI is InChI=1S/C15H18ClNO3S/c16-14-11-13(3-1-2-10-18)6-7-15(14)21(19,20)17-9-8-12-4-5-12/h6-7,11-12,17-18H,2,4-5,8-10H2. The average molecular weight is 328 g/mol. The Morgan fingerprint density at radius 3 is 2.76 bits per heavy atom. The number of aliphatic hydroxyl groups is 1. The molecular formula is C15H18ClNO3S. The minimum Gasteiger partial charge on any atom is -0.395 e. The smallest absolute Gasteiger partial charge is 0.242 e. The van der Waals surface area contributed by atoms with Crippen LogP contribution < -0.4 is 4.72 Å². The molecular weight excluding hydrogens is 310 g/mol. The Labute approximate surface area is 130 Å². The zero-order valence-electron chi connectivity index (χ0n) is 11.6. The molecule has 2 rings (SSSR count). The third kappa shape index (κ3) is 5.01. The number of hydrogen-bond acceptors (Lipinski definition) is 3. The van der Waals surface area contributed by atoms with Gasteiger partial charge >= 0.3 is 0 Å². The number of rotatable bonds is 6. The maximum atomic E-state index is 12.2. The van der Waals surface area contributed by atoms with Gasteiger partial charge in [0.1, 0.15) is 4.90 Å². The lowest BCUT2D eigenvalue weighted by Crippen LogP contribution is -2.25. The van der Waals surface area contributed by atoms with Crippen LogP contribution in [0, 0.1) is 17.8 Å². The van der Waals surface area contributed by atoms with Gasteiger partial charge in [-0.2, -0.15) is 0 Å². The molecule has 1 saturated carbocycles. The van der Waals surface area contributed by atoms with Crippen LogP contribution in [0.25, 0.3) is 0 Å². The fourth-order valence-electron chi connectivity index (χ4n) is 1.90. The van der Waals surface area contributed by atoms with E-state index in [4.69, 9.17) is 16.7 Å². The second-order valence-electron chi connectivity index (χ2n) is 5.05. The second-order valence-corrected chi connectivity index (χ2v) is 7.19. The van der Waals surface area contributed by atoms with Crippen molar-refractivity contribution in [3.8, 4) is 11.8 Å². The highest BCUT2D eigenvalue weighted by atomic mass is 35.5. The van der Waals surface area contributed by atoms with Crippen molar-refractivity contribution >= 4 is 21.6 Å². The molecule has 0 saturated heterocycles. The summed E-state index contributed by atoms with van der Waals surface area (Å²) in [6.07, 6.45) is 3.65. The third-order valence-corrected chi connectivity index (χ3v) is 5.18. The Kier molecular flexibility index (Phi) is 5.65. The molecule has 0 heterocycles. The fourth-order valence-corrected chi connectivity index (χ4v) is 3.49. The van der Waals surface area contributed by atoms with Gasteiger partial charge in [0.2, 0.25) is 10.0 Å². The van der Waals surface area contributed by atoms with Crippen LogP contribution in [0.15, 0.2) is 23.1 Å². The van der Waals surface area contributed by atoms with Crippen LogP contribution in [0.3, 0.4) is 0 Å². The van der Waals surface area contributed by atoms with Crippen LogP contribution in [-0.2, 0) is 10.0 Å². The third-order valence-electron chi connectivity index (χ3n) is 3.23. The highest BCUT2D eigenvalue weighted by Gasteiger charge is 2.23. The fraction of sp³-hybridized carbons (Fsp3) is 0.467. The van der Waals surface area contributed by atoms with Crippen LogP contribution in [0.5, 0.6) is 0 Å². The average Bonchev–Trinajstić information content (AvgIpc) is 3.23. The van der Waals surface area contributed by atoms with Gasteiger partial charge < -0.3 is 5.11 Å². The van der Waals surface area contributed by atoms with E-state index < -0.39 is 10.0 Å². The minimum absolute atomic E-state index is 0.00188. The molecule has 1 aliphatic rings. The SMILES string of the molecule is O=S(=O)(NCCC1CC1)c1ccc(C#CCCO)cc1Cl. The number of benzene rings is 1. The summed E-state index contributed by atoms with van der Waals surface area (Å²) in [4.78, 5) is 0.0765. The normalized spacial score (nSPS) is 14.6. The molecule has 0 bridgehead atoms.